The lowest BCUT2D eigenvalue weighted by Gasteiger charge is -2.07. The molecule has 3 nitrogen and oxygen atoms in total. The van der Waals surface area contributed by atoms with Crippen molar-refractivity contribution < 1.29 is 9.90 Å². The van der Waals surface area contributed by atoms with Crippen molar-refractivity contribution in [2.45, 2.75) is 13.3 Å². The van der Waals surface area contributed by atoms with E-state index in [1.807, 2.05) is 25.1 Å². The zero-order valence-corrected chi connectivity index (χ0v) is 12.8. The topological polar surface area (TPSA) is 49.3 Å². The van der Waals surface area contributed by atoms with Crippen LogP contribution in [0.1, 0.15) is 21.5 Å². The molecular weight excluding hydrogens is 318 g/mol. The molecule has 0 saturated carbocycles. The smallest absolute Gasteiger partial charge is 0.255 e. The van der Waals surface area contributed by atoms with Gasteiger partial charge in [-0.25, -0.2) is 0 Å². The number of rotatable bonds is 4. The molecule has 1 amide bonds. The maximum absolute atomic E-state index is 11.9. The van der Waals surface area contributed by atoms with Gasteiger partial charge in [0.25, 0.3) is 5.91 Å². The van der Waals surface area contributed by atoms with Crippen LogP contribution in [0.4, 0.5) is 0 Å². The Morgan fingerprint density at radius 2 is 2.05 bits per heavy atom. The molecule has 0 bridgehead atoms. The number of phenolic OH excluding ortho intramolecular Hbond substituents is 1. The van der Waals surface area contributed by atoms with Gasteiger partial charge in [0, 0.05) is 11.0 Å². The lowest BCUT2D eigenvalue weighted by atomic mass is 10.1. The van der Waals surface area contributed by atoms with Gasteiger partial charge < -0.3 is 10.4 Å². The molecule has 0 aliphatic carbocycles. The van der Waals surface area contributed by atoms with Crippen molar-refractivity contribution in [3.05, 3.63) is 63.6 Å². The zero-order chi connectivity index (χ0) is 14.5. The van der Waals surface area contributed by atoms with Crippen LogP contribution in [-0.2, 0) is 6.42 Å². The van der Waals surface area contributed by atoms with Crippen LogP contribution in [0.25, 0.3) is 0 Å². The molecule has 104 valence electrons. The van der Waals surface area contributed by atoms with E-state index in [2.05, 4.69) is 27.3 Å². The van der Waals surface area contributed by atoms with Crippen molar-refractivity contribution in [2.24, 2.45) is 0 Å². The van der Waals surface area contributed by atoms with E-state index in [4.69, 9.17) is 0 Å². The lowest BCUT2D eigenvalue weighted by molar-refractivity contribution is 0.0951. The predicted octanol–water partition coefficient (Wildman–Crippen LogP) is 3.44. The predicted molar refractivity (Wildman–Crippen MR) is 83.0 cm³/mol. The molecule has 0 heterocycles. The SMILES string of the molecule is Cc1cccc(CCNC(=O)c2ccc(Br)cc2O)c1. The van der Waals surface area contributed by atoms with E-state index < -0.39 is 0 Å². The third-order valence-electron chi connectivity index (χ3n) is 2.99. The van der Waals surface area contributed by atoms with E-state index in [0.29, 0.717) is 6.54 Å². The zero-order valence-electron chi connectivity index (χ0n) is 11.2. The minimum atomic E-state index is -0.261. The molecule has 0 atom stereocenters. The van der Waals surface area contributed by atoms with Crippen molar-refractivity contribution >= 4 is 21.8 Å². The normalized spacial score (nSPS) is 10.3. The lowest BCUT2D eigenvalue weighted by Crippen LogP contribution is -2.25. The molecule has 2 N–H and O–H groups in total. The highest BCUT2D eigenvalue weighted by Crippen LogP contribution is 2.22. The van der Waals surface area contributed by atoms with E-state index in [9.17, 15) is 9.90 Å². The molecule has 2 aromatic carbocycles. The third-order valence-corrected chi connectivity index (χ3v) is 3.48. The molecule has 0 saturated heterocycles. The van der Waals surface area contributed by atoms with Crippen LogP contribution >= 0.6 is 15.9 Å². The summed E-state index contributed by atoms with van der Waals surface area (Å²) in [5.41, 5.74) is 2.68. The van der Waals surface area contributed by atoms with Crippen LogP contribution in [0, 0.1) is 6.92 Å². The Morgan fingerprint density at radius 1 is 1.25 bits per heavy atom. The highest BCUT2D eigenvalue weighted by molar-refractivity contribution is 9.10. The monoisotopic (exact) mass is 333 g/mol. The summed E-state index contributed by atoms with van der Waals surface area (Å²) in [6, 6.07) is 13.0. The van der Waals surface area contributed by atoms with Gasteiger partial charge in [-0.1, -0.05) is 45.8 Å². The van der Waals surface area contributed by atoms with Gasteiger partial charge in [-0.05, 0) is 37.1 Å². The summed E-state index contributed by atoms with van der Waals surface area (Å²) in [5, 5.41) is 12.5. The van der Waals surface area contributed by atoms with E-state index >= 15 is 0 Å². The van der Waals surface area contributed by atoms with Crippen LogP contribution in [0.15, 0.2) is 46.9 Å². The number of benzene rings is 2. The largest absolute Gasteiger partial charge is 0.507 e. The minimum absolute atomic E-state index is 0.0209. The number of halogens is 1. The number of amides is 1. The van der Waals surface area contributed by atoms with Crippen LogP contribution in [0.5, 0.6) is 5.75 Å². The summed E-state index contributed by atoms with van der Waals surface area (Å²) in [6.07, 6.45) is 0.769. The fourth-order valence-electron chi connectivity index (χ4n) is 1.98. The Balaban J connectivity index is 1.92. The minimum Gasteiger partial charge on any atom is -0.507 e. The van der Waals surface area contributed by atoms with Gasteiger partial charge in [-0.3, -0.25) is 4.79 Å². The molecule has 4 heteroatoms. The van der Waals surface area contributed by atoms with Gasteiger partial charge >= 0.3 is 0 Å². The first-order chi connectivity index (χ1) is 9.56. The van der Waals surface area contributed by atoms with Gasteiger partial charge in [0.1, 0.15) is 5.75 Å². The van der Waals surface area contributed by atoms with Crippen molar-refractivity contribution in [3.8, 4) is 5.75 Å². The molecule has 0 aromatic heterocycles. The van der Waals surface area contributed by atoms with E-state index in [-0.39, 0.29) is 17.2 Å². The molecule has 0 unspecified atom stereocenters. The van der Waals surface area contributed by atoms with Crippen LogP contribution in [-0.4, -0.2) is 17.6 Å². The Morgan fingerprint density at radius 3 is 2.75 bits per heavy atom. The molecule has 0 aliphatic heterocycles. The van der Waals surface area contributed by atoms with Gasteiger partial charge in [-0.2, -0.15) is 0 Å². The second-order valence-corrected chi connectivity index (χ2v) is 5.57. The molecular formula is C16H16BrNO2. The van der Waals surface area contributed by atoms with Crippen LogP contribution in [0.3, 0.4) is 0 Å². The fourth-order valence-corrected chi connectivity index (χ4v) is 2.33. The van der Waals surface area contributed by atoms with Gasteiger partial charge in [-0.15, -0.1) is 0 Å². The first-order valence-corrected chi connectivity index (χ1v) is 7.18. The van der Waals surface area contributed by atoms with Gasteiger partial charge in [0.05, 0.1) is 5.56 Å². The van der Waals surface area contributed by atoms with Crippen molar-refractivity contribution in [1.82, 2.24) is 5.32 Å². The number of carbonyl (C=O) groups excluding carboxylic acids is 1. The average Bonchev–Trinajstić information content (AvgIpc) is 2.38. The summed E-state index contributed by atoms with van der Waals surface area (Å²) >= 11 is 3.24. The molecule has 2 rings (SSSR count). The number of carbonyl (C=O) groups is 1. The highest BCUT2D eigenvalue weighted by Gasteiger charge is 2.10. The quantitative estimate of drug-likeness (QED) is 0.900. The number of phenols is 1. The third kappa shape index (κ3) is 3.84. The van der Waals surface area contributed by atoms with Crippen molar-refractivity contribution in [3.63, 3.8) is 0 Å². The van der Waals surface area contributed by atoms with E-state index in [1.165, 1.54) is 17.2 Å². The number of nitrogens with one attached hydrogen (secondary N) is 1. The summed E-state index contributed by atoms with van der Waals surface area (Å²) in [7, 11) is 0. The maximum atomic E-state index is 11.9. The molecule has 2 aromatic rings. The second kappa shape index (κ2) is 6.57. The Kier molecular flexibility index (Phi) is 4.79. The number of hydrogen-bond acceptors (Lipinski definition) is 2. The standard InChI is InChI=1S/C16H16BrNO2/c1-11-3-2-4-12(9-11)7-8-18-16(20)14-6-5-13(17)10-15(14)19/h2-6,9-10,19H,7-8H2,1H3,(H,18,20). The first kappa shape index (κ1) is 14.6. The first-order valence-electron chi connectivity index (χ1n) is 6.38. The summed E-state index contributed by atoms with van der Waals surface area (Å²) in [4.78, 5) is 11.9. The van der Waals surface area contributed by atoms with E-state index in [1.54, 1.807) is 12.1 Å². The molecule has 0 aliphatic rings. The van der Waals surface area contributed by atoms with Crippen molar-refractivity contribution in [1.29, 1.82) is 0 Å². The maximum Gasteiger partial charge on any atom is 0.255 e. The number of hydrogen-bond donors (Lipinski definition) is 2. The van der Waals surface area contributed by atoms with E-state index in [0.717, 1.165) is 10.9 Å². The fraction of sp³-hybridized carbons (Fsp3) is 0.188. The Labute approximate surface area is 126 Å². The molecule has 0 radical (unpaired) electrons. The van der Waals surface area contributed by atoms with Gasteiger partial charge in [0.2, 0.25) is 0 Å². The number of aryl methyl sites for hydroxylation is 1. The Hall–Kier alpha value is -1.81. The molecule has 0 spiro atoms. The highest BCUT2D eigenvalue weighted by atomic mass is 79.9. The number of aromatic hydroxyl groups is 1. The van der Waals surface area contributed by atoms with Gasteiger partial charge in [0.15, 0.2) is 0 Å². The molecule has 0 fully saturated rings. The summed E-state index contributed by atoms with van der Waals surface area (Å²) in [6.45, 7) is 2.58. The average molecular weight is 334 g/mol. The van der Waals surface area contributed by atoms with Crippen molar-refractivity contribution in [2.75, 3.05) is 6.54 Å². The van der Waals surface area contributed by atoms with Crippen LogP contribution < -0.4 is 5.32 Å². The Bertz CT molecular complexity index is 626. The molecule has 20 heavy (non-hydrogen) atoms. The van der Waals surface area contributed by atoms with Crippen LogP contribution in [0.2, 0.25) is 0 Å². The summed E-state index contributed by atoms with van der Waals surface area (Å²) < 4.78 is 0.742. The summed E-state index contributed by atoms with van der Waals surface area (Å²) in [5.74, 6) is -0.282. The second-order valence-electron chi connectivity index (χ2n) is 4.66.